The summed E-state index contributed by atoms with van der Waals surface area (Å²) in [5.74, 6) is 0.848. The Labute approximate surface area is 109 Å². The first-order valence-electron chi connectivity index (χ1n) is 5.43. The van der Waals surface area contributed by atoms with E-state index in [0.29, 0.717) is 6.54 Å². The Bertz CT molecular complexity index is 526. The van der Waals surface area contributed by atoms with Crippen molar-refractivity contribution in [3.05, 3.63) is 51.9 Å². The predicted octanol–water partition coefficient (Wildman–Crippen LogP) is 3.47. The molecule has 4 heteroatoms. The average molecular weight is 292 g/mol. The number of nitrogens with zero attached hydrogens (tertiary/aromatic N) is 2. The summed E-state index contributed by atoms with van der Waals surface area (Å²) in [6, 6.07) is 6.04. The van der Waals surface area contributed by atoms with Gasteiger partial charge in [0.25, 0.3) is 0 Å². The van der Waals surface area contributed by atoms with E-state index in [9.17, 15) is 0 Å². The molecule has 2 aromatic rings. The Hall–Kier alpha value is -1.42. The van der Waals surface area contributed by atoms with Gasteiger partial charge in [-0.1, -0.05) is 6.07 Å². The van der Waals surface area contributed by atoms with Crippen LogP contribution in [0.15, 0.2) is 35.1 Å². The molecular formula is C13H14BrN3. The molecule has 0 amide bonds. The lowest BCUT2D eigenvalue weighted by molar-refractivity contribution is 1.00. The molecule has 0 aromatic carbocycles. The number of aryl methyl sites for hydroxylation is 2. The van der Waals surface area contributed by atoms with Crippen molar-refractivity contribution in [2.75, 3.05) is 5.32 Å². The Morgan fingerprint density at radius 2 is 2.12 bits per heavy atom. The molecule has 0 fully saturated rings. The van der Waals surface area contributed by atoms with Gasteiger partial charge in [-0.15, -0.1) is 0 Å². The third-order valence-corrected chi connectivity index (χ3v) is 3.12. The minimum atomic E-state index is 0.682. The van der Waals surface area contributed by atoms with Gasteiger partial charge in [0.05, 0.1) is 16.7 Å². The second-order valence-corrected chi connectivity index (χ2v) is 4.82. The SMILES string of the molecule is Cc1cnc(NCc2ncccc2C)c(Br)c1. The highest BCUT2D eigenvalue weighted by Crippen LogP contribution is 2.21. The normalized spacial score (nSPS) is 10.3. The van der Waals surface area contributed by atoms with E-state index in [4.69, 9.17) is 0 Å². The molecule has 0 bridgehead atoms. The van der Waals surface area contributed by atoms with E-state index in [1.807, 2.05) is 31.5 Å². The fourth-order valence-corrected chi connectivity index (χ4v) is 2.14. The van der Waals surface area contributed by atoms with E-state index < -0.39 is 0 Å². The summed E-state index contributed by atoms with van der Waals surface area (Å²) in [5.41, 5.74) is 3.36. The van der Waals surface area contributed by atoms with Crippen molar-refractivity contribution in [3.63, 3.8) is 0 Å². The molecule has 0 saturated carbocycles. The van der Waals surface area contributed by atoms with Gasteiger partial charge in [0, 0.05) is 12.4 Å². The summed E-state index contributed by atoms with van der Waals surface area (Å²) in [4.78, 5) is 8.67. The van der Waals surface area contributed by atoms with E-state index in [1.165, 1.54) is 5.56 Å². The number of nitrogens with one attached hydrogen (secondary N) is 1. The lowest BCUT2D eigenvalue weighted by atomic mass is 10.2. The van der Waals surface area contributed by atoms with Crippen LogP contribution in [0.1, 0.15) is 16.8 Å². The second kappa shape index (κ2) is 5.27. The van der Waals surface area contributed by atoms with Crippen molar-refractivity contribution in [2.45, 2.75) is 20.4 Å². The number of hydrogen-bond acceptors (Lipinski definition) is 3. The molecule has 0 spiro atoms. The smallest absolute Gasteiger partial charge is 0.140 e. The highest BCUT2D eigenvalue weighted by molar-refractivity contribution is 9.10. The number of rotatable bonds is 3. The maximum absolute atomic E-state index is 4.34. The molecule has 0 aliphatic rings. The van der Waals surface area contributed by atoms with Gasteiger partial charge in [-0.2, -0.15) is 0 Å². The first kappa shape index (κ1) is 12.0. The van der Waals surface area contributed by atoms with Crippen LogP contribution < -0.4 is 5.32 Å². The lowest BCUT2D eigenvalue weighted by Crippen LogP contribution is -2.05. The zero-order valence-electron chi connectivity index (χ0n) is 9.87. The fourth-order valence-electron chi connectivity index (χ4n) is 1.53. The van der Waals surface area contributed by atoms with E-state index in [1.54, 1.807) is 0 Å². The van der Waals surface area contributed by atoms with Gasteiger partial charge < -0.3 is 5.32 Å². The van der Waals surface area contributed by atoms with Crippen molar-refractivity contribution < 1.29 is 0 Å². The standard InChI is InChI=1S/C13H14BrN3/c1-9-6-11(14)13(16-7-9)17-8-12-10(2)4-3-5-15-12/h3-7H,8H2,1-2H3,(H,16,17). The molecule has 0 atom stereocenters. The van der Waals surface area contributed by atoms with E-state index in [0.717, 1.165) is 21.5 Å². The molecule has 0 radical (unpaired) electrons. The van der Waals surface area contributed by atoms with E-state index in [2.05, 4.69) is 44.2 Å². The molecule has 0 aliphatic heterocycles. The van der Waals surface area contributed by atoms with Crippen LogP contribution in [0.5, 0.6) is 0 Å². The number of halogens is 1. The molecule has 88 valence electrons. The van der Waals surface area contributed by atoms with Crippen LogP contribution in [-0.2, 0) is 6.54 Å². The van der Waals surface area contributed by atoms with Crippen LogP contribution >= 0.6 is 15.9 Å². The zero-order valence-corrected chi connectivity index (χ0v) is 11.5. The maximum Gasteiger partial charge on any atom is 0.140 e. The molecular weight excluding hydrogens is 278 g/mol. The minimum absolute atomic E-state index is 0.682. The Balaban J connectivity index is 2.10. The van der Waals surface area contributed by atoms with Crippen molar-refractivity contribution in [1.29, 1.82) is 0 Å². The number of aromatic nitrogens is 2. The molecule has 0 saturated heterocycles. The van der Waals surface area contributed by atoms with Gasteiger partial charge >= 0.3 is 0 Å². The summed E-state index contributed by atoms with van der Waals surface area (Å²) in [6.45, 7) is 4.76. The summed E-state index contributed by atoms with van der Waals surface area (Å²) >= 11 is 3.49. The van der Waals surface area contributed by atoms with Gasteiger partial charge in [-0.05, 0) is 53.0 Å². The van der Waals surface area contributed by atoms with Gasteiger partial charge in [-0.25, -0.2) is 4.98 Å². The molecule has 2 heterocycles. The quantitative estimate of drug-likeness (QED) is 0.941. The van der Waals surface area contributed by atoms with Crippen molar-refractivity contribution in [3.8, 4) is 0 Å². The predicted molar refractivity (Wildman–Crippen MR) is 73.0 cm³/mol. The van der Waals surface area contributed by atoms with Gasteiger partial charge in [-0.3, -0.25) is 4.98 Å². The third-order valence-electron chi connectivity index (χ3n) is 2.52. The Morgan fingerprint density at radius 1 is 1.29 bits per heavy atom. The summed E-state index contributed by atoms with van der Waals surface area (Å²) in [6.07, 6.45) is 3.65. The van der Waals surface area contributed by atoms with Crippen LogP contribution in [0.2, 0.25) is 0 Å². The number of pyridine rings is 2. The van der Waals surface area contributed by atoms with Crippen LogP contribution in [0, 0.1) is 13.8 Å². The van der Waals surface area contributed by atoms with Crippen LogP contribution in [-0.4, -0.2) is 9.97 Å². The van der Waals surface area contributed by atoms with Crippen molar-refractivity contribution in [2.24, 2.45) is 0 Å². The molecule has 3 nitrogen and oxygen atoms in total. The topological polar surface area (TPSA) is 37.8 Å². The van der Waals surface area contributed by atoms with E-state index in [-0.39, 0.29) is 0 Å². The molecule has 17 heavy (non-hydrogen) atoms. The van der Waals surface area contributed by atoms with Crippen LogP contribution in [0.3, 0.4) is 0 Å². The summed E-state index contributed by atoms with van der Waals surface area (Å²) < 4.78 is 0.978. The van der Waals surface area contributed by atoms with E-state index >= 15 is 0 Å². The zero-order chi connectivity index (χ0) is 12.3. The largest absolute Gasteiger partial charge is 0.363 e. The third kappa shape index (κ3) is 3.03. The first-order chi connectivity index (χ1) is 8.16. The van der Waals surface area contributed by atoms with Crippen LogP contribution in [0.4, 0.5) is 5.82 Å². The monoisotopic (exact) mass is 291 g/mol. The Morgan fingerprint density at radius 3 is 2.82 bits per heavy atom. The van der Waals surface area contributed by atoms with Crippen molar-refractivity contribution >= 4 is 21.7 Å². The molecule has 2 rings (SSSR count). The molecule has 2 aromatic heterocycles. The van der Waals surface area contributed by atoms with Gasteiger partial charge in [0.2, 0.25) is 0 Å². The Kier molecular flexibility index (Phi) is 3.74. The highest BCUT2D eigenvalue weighted by atomic mass is 79.9. The average Bonchev–Trinajstić information content (AvgIpc) is 2.30. The molecule has 0 aliphatic carbocycles. The molecule has 0 unspecified atom stereocenters. The maximum atomic E-state index is 4.34. The second-order valence-electron chi connectivity index (χ2n) is 3.96. The summed E-state index contributed by atoms with van der Waals surface area (Å²) in [5, 5.41) is 3.28. The minimum Gasteiger partial charge on any atom is -0.363 e. The fraction of sp³-hybridized carbons (Fsp3) is 0.231. The number of anilines is 1. The number of hydrogen-bond donors (Lipinski definition) is 1. The van der Waals surface area contributed by atoms with Gasteiger partial charge in [0.15, 0.2) is 0 Å². The van der Waals surface area contributed by atoms with Crippen molar-refractivity contribution in [1.82, 2.24) is 9.97 Å². The lowest BCUT2D eigenvalue weighted by Gasteiger charge is -2.09. The highest BCUT2D eigenvalue weighted by Gasteiger charge is 2.03. The molecule has 1 N–H and O–H groups in total. The first-order valence-corrected chi connectivity index (χ1v) is 6.22. The van der Waals surface area contributed by atoms with Crippen LogP contribution in [0.25, 0.3) is 0 Å². The summed E-state index contributed by atoms with van der Waals surface area (Å²) in [7, 11) is 0. The van der Waals surface area contributed by atoms with Gasteiger partial charge in [0.1, 0.15) is 5.82 Å².